The van der Waals surface area contributed by atoms with Crippen LogP contribution in [-0.2, 0) is 0 Å². The number of likely N-dealkylation sites (N-methyl/N-ethyl adjacent to an activating group) is 1. The third-order valence-electron chi connectivity index (χ3n) is 7.35. The molecule has 0 bridgehead atoms. The molecular formula is C28H42N10O. The molecule has 210 valence electrons. The third kappa shape index (κ3) is 6.85. The SMILES string of the molecule is CCNc1ccc(C(C=N)CNC2CCNCC2)cc1N(CC)C(C)CNC(=O)c1nc2cc[nH]c2nc1N. The number of carbonyl (C=O) groups is 1. The van der Waals surface area contributed by atoms with E-state index in [2.05, 4.69) is 80.1 Å². The number of fused-ring (bicyclic) bond motifs is 1. The van der Waals surface area contributed by atoms with Crippen LogP contribution in [0.1, 0.15) is 55.6 Å². The summed E-state index contributed by atoms with van der Waals surface area (Å²) in [5.74, 6) is -0.271. The number of nitrogen functional groups attached to an aromatic ring is 1. The summed E-state index contributed by atoms with van der Waals surface area (Å²) in [6.07, 6.45) is 5.47. The molecule has 2 atom stereocenters. The van der Waals surface area contributed by atoms with Crippen LogP contribution in [0.5, 0.6) is 0 Å². The van der Waals surface area contributed by atoms with Crippen LogP contribution in [0, 0.1) is 5.41 Å². The van der Waals surface area contributed by atoms with Crippen LogP contribution in [0.4, 0.5) is 17.2 Å². The number of amides is 1. The van der Waals surface area contributed by atoms with E-state index in [1.807, 2.05) is 0 Å². The van der Waals surface area contributed by atoms with E-state index in [9.17, 15) is 4.79 Å². The molecule has 1 saturated heterocycles. The lowest BCUT2D eigenvalue weighted by atomic mass is 9.97. The lowest BCUT2D eigenvalue weighted by Crippen LogP contribution is -2.43. The molecular weight excluding hydrogens is 492 g/mol. The highest BCUT2D eigenvalue weighted by molar-refractivity contribution is 5.98. The number of nitrogens with two attached hydrogens (primary N) is 1. The smallest absolute Gasteiger partial charge is 0.273 e. The summed E-state index contributed by atoms with van der Waals surface area (Å²) in [6, 6.07) is 8.64. The van der Waals surface area contributed by atoms with Gasteiger partial charge in [-0.3, -0.25) is 4.79 Å². The van der Waals surface area contributed by atoms with Gasteiger partial charge in [-0.2, -0.15) is 0 Å². The fraction of sp³-hybridized carbons (Fsp3) is 0.500. The maximum atomic E-state index is 13.0. The Kier molecular flexibility index (Phi) is 9.72. The predicted molar refractivity (Wildman–Crippen MR) is 159 cm³/mol. The van der Waals surface area contributed by atoms with Gasteiger partial charge in [0, 0.05) is 56.6 Å². The van der Waals surface area contributed by atoms with Gasteiger partial charge in [0.05, 0.1) is 11.4 Å². The Balaban J connectivity index is 1.48. The van der Waals surface area contributed by atoms with E-state index in [0.29, 0.717) is 23.8 Å². The quantitative estimate of drug-likeness (QED) is 0.165. The normalized spacial score (nSPS) is 15.6. The minimum Gasteiger partial charge on any atom is -0.384 e. The van der Waals surface area contributed by atoms with Gasteiger partial charge < -0.3 is 42.3 Å². The van der Waals surface area contributed by atoms with Crippen molar-refractivity contribution in [2.24, 2.45) is 0 Å². The number of aromatic nitrogens is 3. The van der Waals surface area contributed by atoms with E-state index in [1.54, 1.807) is 12.3 Å². The Bertz CT molecular complexity index is 1250. The zero-order valence-corrected chi connectivity index (χ0v) is 23.2. The number of nitrogens with one attached hydrogen (secondary N) is 6. The summed E-state index contributed by atoms with van der Waals surface area (Å²) < 4.78 is 0. The maximum Gasteiger partial charge on any atom is 0.273 e. The Morgan fingerprint density at radius 2 is 2.03 bits per heavy atom. The van der Waals surface area contributed by atoms with Crippen molar-refractivity contribution in [2.45, 2.75) is 51.6 Å². The van der Waals surface area contributed by atoms with E-state index in [0.717, 1.165) is 62.5 Å². The molecule has 11 heteroatoms. The molecule has 11 nitrogen and oxygen atoms in total. The number of H-pyrrole nitrogens is 1. The van der Waals surface area contributed by atoms with Crippen LogP contribution in [0.25, 0.3) is 11.2 Å². The minimum absolute atomic E-state index is 0.0110. The summed E-state index contributed by atoms with van der Waals surface area (Å²) in [4.78, 5) is 26.8. The highest BCUT2D eigenvalue weighted by atomic mass is 16.1. The number of hydrogen-bond donors (Lipinski definition) is 7. The van der Waals surface area contributed by atoms with Crippen LogP contribution in [-0.4, -0.2) is 78.4 Å². The number of nitrogens with zero attached hydrogens (tertiary/aromatic N) is 3. The van der Waals surface area contributed by atoms with Crippen molar-refractivity contribution in [1.29, 1.82) is 5.41 Å². The lowest BCUT2D eigenvalue weighted by Gasteiger charge is -2.33. The second kappa shape index (κ2) is 13.4. The molecule has 1 aromatic carbocycles. The largest absolute Gasteiger partial charge is 0.384 e. The number of piperidine rings is 1. The van der Waals surface area contributed by atoms with Crippen molar-refractivity contribution in [3.63, 3.8) is 0 Å². The van der Waals surface area contributed by atoms with Crippen LogP contribution >= 0.6 is 0 Å². The molecule has 8 N–H and O–H groups in total. The molecule has 0 spiro atoms. The van der Waals surface area contributed by atoms with E-state index in [-0.39, 0.29) is 29.4 Å². The van der Waals surface area contributed by atoms with Gasteiger partial charge in [0.15, 0.2) is 17.2 Å². The monoisotopic (exact) mass is 534 g/mol. The molecule has 0 radical (unpaired) electrons. The minimum atomic E-state index is -0.348. The zero-order chi connectivity index (χ0) is 27.8. The fourth-order valence-corrected chi connectivity index (χ4v) is 5.15. The average molecular weight is 535 g/mol. The summed E-state index contributed by atoms with van der Waals surface area (Å²) >= 11 is 0. The van der Waals surface area contributed by atoms with Crippen molar-refractivity contribution < 1.29 is 4.79 Å². The Morgan fingerprint density at radius 1 is 1.23 bits per heavy atom. The van der Waals surface area contributed by atoms with Gasteiger partial charge >= 0.3 is 0 Å². The van der Waals surface area contributed by atoms with Crippen molar-refractivity contribution >= 4 is 40.5 Å². The molecule has 3 heterocycles. The second-order valence-electron chi connectivity index (χ2n) is 10.0. The van der Waals surface area contributed by atoms with Crippen molar-refractivity contribution in [1.82, 2.24) is 30.9 Å². The Morgan fingerprint density at radius 3 is 2.74 bits per heavy atom. The first-order chi connectivity index (χ1) is 18.9. The van der Waals surface area contributed by atoms with Gasteiger partial charge in [0.2, 0.25) is 0 Å². The highest BCUT2D eigenvalue weighted by Crippen LogP contribution is 2.31. The first-order valence-corrected chi connectivity index (χ1v) is 13.9. The molecule has 1 amide bonds. The van der Waals surface area contributed by atoms with Crippen LogP contribution < -0.4 is 31.9 Å². The van der Waals surface area contributed by atoms with Gasteiger partial charge in [-0.15, -0.1) is 0 Å². The number of benzene rings is 1. The van der Waals surface area contributed by atoms with Gasteiger partial charge in [-0.1, -0.05) is 6.07 Å². The van der Waals surface area contributed by atoms with E-state index >= 15 is 0 Å². The van der Waals surface area contributed by atoms with Crippen molar-refractivity contribution in [3.05, 3.63) is 41.7 Å². The number of anilines is 3. The zero-order valence-electron chi connectivity index (χ0n) is 23.2. The predicted octanol–water partition coefficient (Wildman–Crippen LogP) is 2.69. The Hall–Kier alpha value is -3.70. The standard InChI is InChI=1S/C28H42N10O/c1-4-32-22-7-6-19(20(15-29)17-34-21-8-11-31-12-9-21)14-24(22)38(5-2)18(3)16-35-28(39)25-26(30)37-27-23(36-25)10-13-33-27/h6-7,10,13-15,18,20-21,29,31-32,34H,4-5,8-9,11-12,16-17H2,1-3H3,(H,35,39)(H3,30,33,37). The van der Waals surface area contributed by atoms with Gasteiger partial charge in [-0.05, 0) is 70.5 Å². The molecule has 1 aliphatic rings. The summed E-state index contributed by atoms with van der Waals surface area (Å²) in [7, 11) is 0. The van der Waals surface area contributed by atoms with Crippen molar-refractivity contribution in [3.8, 4) is 0 Å². The molecule has 1 fully saturated rings. The number of aromatic amines is 1. The topological polar surface area (TPSA) is 160 Å². The number of rotatable bonds is 13. The number of hydrogen-bond acceptors (Lipinski definition) is 9. The second-order valence-corrected chi connectivity index (χ2v) is 10.0. The summed E-state index contributed by atoms with van der Waals surface area (Å²) in [6.45, 7) is 11.0. The van der Waals surface area contributed by atoms with Crippen LogP contribution in [0.2, 0.25) is 0 Å². The van der Waals surface area contributed by atoms with Gasteiger partial charge in [0.25, 0.3) is 5.91 Å². The summed E-state index contributed by atoms with van der Waals surface area (Å²) in [5, 5.41) is 21.7. The molecule has 0 saturated carbocycles. The first-order valence-electron chi connectivity index (χ1n) is 13.9. The molecule has 4 rings (SSSR count). The Labute approximate surface area is 230 Å². The highest BCUT2D eigenvalue weighted by Gasteiger charge is 2.22. The maximum absolute atomic E-state index is 13.0. The van der Waals surface area contributed by atoms with Crippen LogP contribution in [0.15, 0.2) is 30.5 Å². The van der Waals surface area contributed by atoms with E-state index in [1.165, 1.54) is 6.21 Å². The molecule has 2 aromatic heterocycles. The van der Waals surface area contributed by atoms with E-state index in [4.69, 9.17) is 11.1 Å². The first kappa shape index (κ1) is 28.3. The number of carbonyl (C=O) groups excluding carboxylic acids is 1. The van der Waals surface area contributed by atoms with E-state index < -0.39 is 0 Å². The molecule has 2 unspecified atom stereocenters. The average Bonchev–Trinajstić information content (AvgIpc) is 3.41. The lowest BCUT2D eigenvalue weighted by molar-refractivity contribution is 0.0947. The molecule has 0 aliphatic carbocycles. The van der Waals surface area contributed by atoms with Gasteiger partial charge in [0.1, 0.15) is 5.52 Å². The van der Waals surface area contributed by atoms with Crippen molar-refractivity contribution in [2.75, 3.05) is 55.2 Å². The molecule has 1 aliphatic heterocycles. The third-order valence-corrected chi connectivity index (χ3v) is 7.35. The summed E-state index contributed by atoms with van der Waals surface area (Å²) in [5.41, 5.74) is 10.5. The fourth-order valence-electron chi connectivity index (χ4n) is 5.15. The molecule has 39 heavy (non-hydrogen) atoms. The van der Waals surface area contributed by atoms with Gasteiger partial charge in [-0.25, -0.2) is 9.97 Å². The van der Waals surface area contributed by atoms with Crippen LogP contribution in [0.3, 0.4) is 0 Å². The molecule has 3 aromatic rings.